The molecular formula is C8H16N2O. The fourth-order valence-corrected chi connectivity index (χ4v) is 1.47. The average Bonchev–Trinajstić information content (AvgIpc) is 2.11. The van der Waals surface area contributed by atoms with Crippen LogP contribution in [0.4, 0.5) is 0 Å². The van der Waals surface area contributed by atoms with E-state index in [-0.39, 0.29) is 11.9 Å². The Morgan fingerprint density at radius 3 is 3.09 bits per heavy atom. The molecule has 0 aliphatic carbocycles. The molecule has 0 bridgehead atoms. The lowest BCUT2D eigenvalue weighted by Crippen LogP contribution is -2.27. The number of hydrogen-bond donors (Lipinski definition) is 2. The summed E-state index contributed by atoms with van der Waals surface area (Å²) in [5.41, 5.74) is 5.73. The Hall–Kier alpha value is -0.570. The molecule has 1 aliphatic rings. The second-order valence-corrected chi connectivity index (χ2v) is 3.28. The molecule has 1 heterocycles. The molecular weight excluding hydrogens is 140 g/mol. The first kappa shape index (κ1) is 8.53. The molecule has 0 spiro atoms. The molecule has 0 saturated carbocycles. The molecule has 3 N–H and O–H groups in total. The Morgan fingerprint density at radius 2 is 2.45 bits per heavy atom. The second kappa shape index (κ2) is 3.72. The third-order valence-corrected chi connectivity index (χ3v) is 2.25. The lowest BCUT2D eigenvalue weighted by molar-refractivity contribution is -0.121. The predicted molar refractivity (Wildman–Crippen MR) is 44.0 cm³/mol. The number of rotatable bonds is 1. The van der Waals surface area contributed by atoms with E-state index in [9.17, 15) is 4.79 Å². The minimum atomic E-state index is 0.0717. The molecule has 2 unspecified atom stereocenters. The topological polar surface area (TPSA) is 55.1 Å². The van der Waals surface area contributed by atoms with Gasteiger partial charge in [0.25, 0.3) is 0 Å². The van der Waals surface area contributed by atoms with Gasteiger partial charge in [-0.2, -0.15) is 0 Å². The van der Waals surface area contributed by atoms with Gasteiger partial charge >= 0.3 is 0 Å². The second-order valence-electron chi connectivity index (χ2n) is 3.28. The molecule has 1 rings (SSSR count). The fourth-order valence-electron chi connectivity index (χ4n) is 1.47. The minimum Gasteiger partial charge on any atom is -0.356 e. The Kier molecular flexibility index (Phi) is 2.88. The summed E-state index contributed by atoms with van der Waals surface area (Å²) in [5, 5.41) is 2.86. The maximum Gasteiger partial charge on any atom is 0.221 e. The Labute approximate surface area is 67.3 Å². The van der Waals surface area contributed by atoms with Crippen molar-refractivity contribution in [2.75, 3.05) is 6.54 Å². The normalized spacial score (nSPS) is 32.7. The molecule has 3 nitrogen and oxygen atoms in total. The van der Waals surface area contributed by atoms with Gasteiger partial charge in [-0.25, -0.2) is 0 Å². The van der Waals surface area contributed by atoms with Crippen LogP contribution in [0.5, 0.6) is 0 Å². The van der Waals surface area contributed by atoms with E-state index in [0.717, 1.165) is 19.4 Å². The van der Waals surface area contributed by atoms with Gasteiger partial charge in [0, 0.05) is 19.0 Å². The van der Waals surface area contributed by atoms with Crippen molar-refractivity contribution in [1.29, 1.82) is 0 Å². The van der Waals surface area contributed by atoms with Crippen molar-refractivity contribution in [3.05, 3.63) is 0 Å². The lowest BCUT2D eigenvalue weighted by atomic mass is 9.98. The standard InChI is InChI=1S/C8H16N2O/c1-2-6-3-7(9)4-8(11)10-5-6/h6-7H,2-5,9H2,1H3,(H,10,11). The summed E-state index contributed by atoms with van der Waals surface area (Å²) in [4.78, 5) is 11.0. The van der Waals surface area contributed by atoms with Crippen molar-refractivity contribution in [2.24, 2.45) is 11.7 Å². The van der Waals surface area contributed by atoms with E-state index < -0.39 is 0 Å². The summed E-state index contributed by atoms with van der Waals surface area (Å²) in [6.07, 6.45) is 2.58. The van der Waals surface area contributed by atoms with Crippen LogP contribution < -0.4 is 11.1 Å². The van der Waals surface area contributed by atoms with Crippen LogP contribution in [0.15, 0.2) is 0 Å². The van der Waals surface area contributed by atoms with Crippen molar-refractivity contribution in [3.63, 3.8) is 0 Å². The zero-order valence-corrected chi connectivity index (χ0v) is 6.97. The van der Waals surface area contributed by atoms with Crippen LogP contribution in [0, 0.1) is 5.92 Å². The summed E-state index contributed by atoms with van der Waals surface area (Å²) in [6.45, 7) is 2.94. The van der Waals surface area contributed by atoms with Crippen LogP contribution in [0.2, 0.25) is 0 Å². The number of amides is 1. The van der Waals surface area contributed by atoms with Gasteiger partial charge in [0.05, 0.1) is 0 Å². The van der Waals surface area contributed by atoms with Crippen LogP contribution in [0.25, 0.3) is 0 Å². The predicted octanol–water partition coefficient (Wildman–Crippen LogP) is 0.250. The first-order valence-electron chi connectivity index (χ1n) is 4.24. The van der Waals surface area contributed by atoms with Crippen molar-refractivity contribution < 1.29 is 4.79 Å². The number of nitrogens with two attached hydrogens (primary N) is 1. The number of hydrogen-bond acceptors (Lipinski definition) is 2. The zero-order chi connectivity index (χ0) is 8.27. The summed E-state index contributed by atoms with van der Waals surface area (Å²) in [5.74, 6) is 0.685. The quantitative estimate of drug-likeness (QED) is 0.571. The smallest absolute Gasteiger partial charge is 0.221 e. The van der Waals surface area contributed by atoms with E-state index in [1.807, 2.05) is 0 Å². The monoisotopic (exact) mass is 156 g/mol. The Bertz CT molecular complexity index is 147. The largest absolute Gasteiger partial charge is 0.356 e. The minimum absolute atomic E-state index is 0.0717. The van der Waals surface area contributed by atoms with Gasteiger partial charge in [0.15, 0.2) is 0 Å². The first-order chi connectivity index (χ1) is 5.22. The van der Waals surface area contributed by atoms with E-state index >= 15 is 0 Å². The highest BCUT2D eigenvalue weighted by Gasteiger charge is 2.19. The maximum atomic E-state index is 11.0. The number of carbonyl (C=O) groups excluding carboxylic acids is 1. The molecule has 0 aromatic carbocycles. The van der Waals surface area contributed by atoms with Gasteiger partial charge in [-0.05, 0) is 12.3 Å². The average molecular weight is 156 g/mol. The SMILES string of the molecule is CCC1CNC(=O)CC(N)C1. The molecule has 1 fully saturated rings. The molecule has 3 heteroatoms. The van der Waals surface area contributed by atoms with Gasteiger partial charge in [0.2, 0.25) is 5.91 Å². The summed E-state index contributed by atoms with van der Waals surface area (Å²) in [7, 11) is 0. The van der Waals surface area contributed by atoms with Gasteiger partial charge in [-0.1, -0.05) is 13.3 Å². The molecule has 0 radical (unpaired) electrons. The molecule has 2 atom stereocenters. The third-order valence-electron chi connectivity index (χ3n) is 2.25. The highest BCUT2D eigenvalue weighted by Crippen LogP contribution is 2.13. The summed E-state index contributed by atoms with van der Waals surface area (Å²) in [6, 6.07) is 0.0717. The lowest BCUT2D eigenvalue weighted by Gasteiger charge is -2.12. The molecule has 0 aromatic rings. The van der Waals surface area contributed by atoms with Gasteiger partial charge in [0.1, 0.15) is 0 Å². The highest BCUT2D eigenvalue weighted by molar-refractivity contribution is 5.76. The van der Waals surface area contributed by atoms with E-state index in [1.54, 1.807) is 0 Å². The van der Waals surface area contributed by atoms with Gasteiger partial charge < -0.3 is 11.1 Å². The van der Waals surface area contributed by atoms with Gasteiger partial charge in [-0.3, -0.25) is 4.79 Å². The third kappa shape index (κ3) is 2.50. The van der Waals surface area contributed by atoms with E-state index in [1.165, 1.54) is 0 Å². The Balaban J connectivity index is 2.46. The van der Waals surface area contributed by atoms with Crippen molar-refractivity contribution in [1.82, 2.24) is 5.32 Å². The van der Waals surface area contributed by atoms with E-state index in [0.29, 0.717) is 12.3 Å². The van der Waals surface area contributed by atoms with Crippen LogP contribution in [-0.2, 0) is 4.79 Å². The van der Waals surface area contributed by atoms with Crippen molar-refractivity contribution in [3.8, 4) is 0 Å². The fraction of sp³-hybridized carbons (Fsp3) is 0.875. The molecule has 64 valence electrons. The first-order valence-corrected chi connectivity index (χ1v) is 4.24. The molecule has 1 amide bonds. The molecule has 1 saturated heterocycles. The van der Waals surface area contributed by atoms with Crippen LogP contribution in [-0.4, -0.2) is 18.5 Å². The summed E-state index contributed by atoms with van der Waals surface area (Å²) >= 11 is 0. The molecule has 1 aliphatic heterocycles. The van der Waals surface area contributed by atoms with E-state index in [2.05, 4.69) is 12.2 Å². The zero-order valence-electron chi connectivity index (χ0n) is 6.97. The van der Waals surface area contributed by atoms with Crippen LogP contribution >= 0.6 is 0 Å². The molecule has 0 aromatic heterocycles. The maximum absolute atomic E-state index is 11.0. The number of nitrogens with one attached hydrogen (secondary N) is 1. The number of carbonyl (C=O) groups is 1. The van der Waals surface area contributed by atoms with Crippen LogP contribution in [0.3, 0.4) is 0 Å². The summed E-state index contributed by atoms with van der Waals surface area (Å²) < 4.78 is 0. The van der Waals surface area contributed by atoms with Crippen molar-refractivity contribution in [2.45, 2.75) is 32.2 Å². The van der Waals surface area contributed by atoms with E-state index in [4.69, 9.17) is 5.73 Å². The van der Waals surface area contributed by atoms with Crippen molar-refractivity contribution >= 4 is 5.91 Å². The highest BCUT2D eigenvalue weighted by atomic mass is 16.1. The molecule has 11 heavy (non-hydrogen) atoms. The van der Waals surface area contributed by atoms with Crippen LogP contribution in [0.1, 0.15) is 26.2 Å². The van der Waals surface area contributed by atoms with Gasteiger partial charge in [-0.15, -0.1) is 0 Å². The Morgan fingerprint density at radius 1 is 1.73 bits per heavy atom.